The van der Waals surface area contributed by atoms with Gasteiger partial charge in [-0.05, 0) is 36.1 Å². The molecule has 2 amide bonds. The molecule has 1 aliphatic rings. The zero-order valence-electron chi connectivity index (χ0n) is 15.0. The standard InChI is InChI=1S/C20H21ClN2O4/c1-26-17-10-15(9-16(21)19(17)27-12-18(22)24)20(25)23-8-4-7-13-5-2-3-6-14(13)11-23/h2-3,5-6,9-10H,4,7-8,11-12H2,1H3,(H2,22,24). The second-order valence-electron chi connectivity index (χ2n) is 6.34. The summed E-state index contributed by atoms with van der Waals surface area (Å²) in [6.07, 6.45) is 1.84. The summed E-state index contributed by atoms with van der Waals surface area (Å²) in [5.41, 5.74) is 7.94. The van der Waals surface area contributed by atoms with Gasteiger partial charge in [-0.2, -0.15) is 0 Å². The van der Waals surface area contributed by atoms with Crippen LogP contribution in [0.4, 0.5) is 0 Å². The van der Waals surface area contributed by atoms with Crippen molar-refractivity contribution < 1.29 is 19.1 Å². The largest absolute Gasteiger partial charge is 0.493 e. The van der Waals surface area contributed by atoms with Crippen LogP contribution in [0.5, 0.6) is 11.5 Å². The van der Waals surface area contributed by atoms with Gasteiger partial charge in [-0.3, -0.25) is 9.59 Å². The minimum absolute atomic E-state index is 0.131. The lowest BCUT2D eigenvalue weighted by Crippen LogP contribution is -2.30. The van der Waals surface area contributed by atoms with E-state index in [0.717, 1.165) is 18.4 Å². The first kappa shape index (κ1) is 19.0. The average molecular weight is 389 g/mol. The van der Waals surface area contributed by atoms with E-state index in [1.54, 1.807) is 11.0 Å². The van der Waals surface area contributed by atoms with Crippen molar-refractivity contribution in [2.24, 2.45) is 5.73 Å². The van der Waals surface area contributed by atoms with Crippen LogP contribution >= 0.6 is 11.6 Å². The number of nitrogens with two attached hydrogens (primary N) is 1. The van der Waals surface area contributed by atoms with Crippen LogP contribution in [0.25, 0.3) is 0 Å². The monoisotopic (exact) mass is 388 g/mol. The van der Waals surface area contributed by atoms with E-state index < -0.39 is 5.91 Å². The molecule has 6 nitrogen and oxygen atoms in total. The number of halogens is 1. The fourth-order valence-corrected chi connectivity index (χ4v) is 3.45. The van der Waals surface area contributed by atoms with Crippen LogP contribution in [-0.2, 0) is 17.8 Å². The number of carbonyl (C=O) groups excluding carboxylic acids is 2. The zero-order valence-corrected chi connectivity index (χ0v) is 15.8. The third-order valence-electron chi connectivity index (χ3n) is 4.48. The zero-order chi connectivity index (χ0) is 19.4. The molecule has 0 unspecified atom stereocenters. The molecule has 0 fully saturated rings. The lowest BCUT2D eigenvalue weighted by atomic mass is 10.0. The maximum absolute atomic E-state index is 13.1. The Morgan fingerprint density at radius 1 is 1.22 bits per heavy atom. The second-order valence-corrected chi connectivity index (χ2v) is 6.75. The topological polar surface area (TPSA) is 81.9 Å². The average Bonchev–Trinajstić information content (AvgIpc) is 2.88. The molecule has 2 aromatic carbocycles. The maximum atomic E-state index is 13.1. The molecular weight excluding hydrogens is 368 g/mol. The number of methoxy groups -OCH3 is 1. The van der Waals surface area contributed by atoms with Gasteiger partial charge in [-0.1, -0.05) is 35.9 Å². The Morgan fingerprint density at radius 3 is 2.67 bits per heavy atom. The Kier molecular flexibility index (Phi) is 5.86. The molecule has 2 aromatic rings. The summed E-state index contributed by atoms with van der Waals surface area (Å²) in [5.74, 6) is -0.289. The van der Waals surface area contributed by atoms with E-state index in [1.165, 1.54) is 18.7 Å². The quantitative estimate of drug-likeness (QED) is 0.853. The first-order valence-corrected chi connectivity index (χ1v) is 9.02. The van der Waals surface area contributed by atoms with Gasteiger partial charge in [0.2, 0.25) is 0 Å². The van der Waals surface area contributed by atoms with Crippen molar-refractivity contribution in [1.29, 1.82) is 0 Å². The molecule has 27 heavy (non-hydrogen) atoms. The van der Waals surface area contributed by atoms with Crippen LogP contribution in [-0.4, -0.2) is 37.0 Å². The molecule has 1 heterocycles. The van der Waals surface area contributed by atoms with Gasteiger partial charge in [0.05, 0.1) is 12.1 Å². The van der Waals surface area contributed by atoms with Crippen molar-refractivity contribution in [1.82, 2.24) is 4.90 Å². The van der Waals surface area contributed by atoms with Crippen molar-refractivity contribution in [2.75, 3.05) is 20.3 Å². The van der Waals surface area contributed by atoms with Crippen molar-refractivity contribution >= 4 is 23.4 Å². The predicted octanol–water partition coefficient (Wildman–Crippen LogP) is 2.80. The maximum Gasteiger partial charge on any atom is 0.255 e. The van der Waals surface area contributed by atoms with Gasteiger partial charge in [0, 0.05) is 18.7 Å². The molecule has 0 bridgehead atoms. The molecule has 1 aliphatic heterocycles. The first-order valence-electron chi connectivity index (χ1n) is 8.64. The van der Waals surface area contributed by atoms with E-state index in [0.29, 0.717) is 18.7 Å². The van der Waals surface area contributed by atoms with Crippen LogP contribution in [0.1, 0.15) is 27.9 Å². The molecule has 3 rings (SSSR count). The molecule has 0 saturated carbocycles. The van der Waals surface area contributed by atoms with Gasteiger partial charge >= 0.3 is 0 Å². The van der Waals surface area contributed by atoms with Crippen molar-refractivity contribution in [3.63, 3.8) is 0 Å². The molecule has 0 aromatic heterocycles. The molecule has 0 atom stereocenters. The van der Waals surface area contributed by atoms with Crippen molar-refractivity contribution in [2.45, 2.75) is 19.4 Å². The van der Waals surface area contributed by atoms with Crippen LogP contribution < -0.4 is 15.2 Å². The fraction of sp³-hybridized carbons (Fsp3) is 0.300. The highest BCUT2D eigenvalue weighted by molar-refractivity contribution is 6.32. The summed E-state index contributed by atoms with van der Waals surface area (Å²) in [4.78, 5) is 25.8. The number of hydrogen-bond donors (Lipinski definition) is 1. The van der Waals surface area contributed by atoms with Crippen LogP contribution in [0.2, 0.25) is 5.02 Å². The van der Waals surface area contributed by atoms with E-state index in [9.17, 15) is 9.59 Å². The Balaban J connectivity index is 1.86. The molecule has 0 radical (unpaired) electrons. The number of primary amides is 1. The number of fused-ring (bicyclic) bond motifs is 1. The van der Waals surface area contributed by atoms with E-state index in [2.05, 4.69) is 12.1 Å². The van der Waals surface area contributed by atoms with E-state index in [4.69, 9.17) is 26.8 Å². The minimum Gasteiger partial charge on any atom is -0.493 e. The third-order valence-corrected chi connectivity index (χ3v) is 4.76. The summed E-state index contributed by atoms with van der Waals surface area (Å²) in [6, 6.07) is 11.3. The molecular formula is C20H21ClN2O4. The Labute approximate surface area is 162 Å². The molecule has 0 aliphatic carbocycles. The third kappa shape index (κ3) is 4.34. The van der Waals surface area contributed by atoms with Gasteiger partial charge in [-0.25, -0.2) is 0 Å². The molecule has 142 valence electrons. The summed E-state index contributed by atoms with van der Waals surface area (Å²) < 4.78 is 10.6. The first-order chi connectivity index (χ1) is 13.0. The predicted molar refractivity (Wildman–Crippen MR) is 102 cm³/mol. The van der Waals surface area contributed by atoms with Crippen LogP contribution in [0.15, 0.2) is 36.4 Å². The number of carbonyl (C=O) groups is 2. The highest BCUT2D eigenvalue weighted by Crippen LogP contribution is 2.37. The Morgan fingerprint density at radius 2 is 1.96 bits per heavy atom. The van der Waals surface area contributed by atoms with Crippen LogP contribution in [0, 0.1) is 0 Å². The lowest BCUT2D eigenvalue weighted by Gasteiger charge is -2.22. The Bertz CT molecular complexity index is 869. The number of ether oxygens (including phenoxy) is 2. The van der Waals surface area contributed by atoms with Crippen molar-refractivity contribution in [3.05, 3.63) is 58.1 Å². The number of aryl methyl sites for hydroxylation is 1. The van der Waals surface area contributed by atoms with E-state index in [-0.39, 0.29) is 29.0 Å². The lowest BCUT2D eigenvalue weighted by molar-refractivity contribution is -0.119. The summed E-state index contributed by atoms with van der Waals surface area (Å²) in [5, 5.41) is 0.189. The van der Waals surface area contributed by atoms with Crippen LogP contribution in [0.3, 0.4) is 0 Å². The number of hydrogen-bond acceptors (Lipinski definition) is 4. The molecule has 0 saturated heterocycles. The van der Waals surface area contributed by atoms with Crippen molar-refractivity contribution in [3.8, 4) is 11.5 Å². The number of benzene rings is 2. The SMILES string of the molecule is COc1cc(C(=O)N2CCCc3ccccc3C2)cc(Cl)c1OCC(N)=O. The minimum atomic E-state index is -0.628. The second kappa shape index (κ2) is 8.31. The number of amides is 2. The fourth-order valence-electron chi connectivity index (χ4n) is 3.18. The van der Waals surface area contributed by atoms with E-state index >= 15 is 0 Å². The van der Waals surface area contributed by atoms with Gasteiger partial charge in [0.1, 0.15) is 0 Å². The number of nitrogens with zero attached hydrogens (tertiary/aromatic N) is 1. The summed E-state index contributed by atoms with van der Waals surface area (Å²) in [6.45, 7) is 0.883. The van der Waals surface area contributed by atoms with E-state index in [1.807, 2.05) is 12.1 Å². The van der Waals surface area contributed by atoms with Gasteiger partial charge in [0.15, 0.2) is 18.1 Å². The summed E-state index contributed by atoms with van der Waals surface area (Å²) >= 11 is 6.27. The molecule has 0 spiro atoms. The normalized spacial score (nSPS) is 13.5. The highest BCUT2D eigenvalue weighted by Gasteiger charge is 2.23. The van der Waals surface area contributed by atoms with Gasteiger partial charge in [0.25, 0.3) is 11.8 Å². The van der Waals surface area contributed by atoms with Gasteiger partial charge in [-0.15, -0.1) is 0 Å². The summed E-state index contributed by atoms with van der Waals surface area (Å²) in [7, 11) is 1.44. The molecule has 2 N–H and O–H groups in total. The number of rotatable bonds is 5. The highest BCUT2D eigenvalue weighted by atomic mass is 35.5. The van der Waals surface area contributed by atoms with Gasteiger partial charge < -0.3 is 20.1 Å². The smallest absolute Gasteiger partial charge is 0.255 e. The Hall–Kier alpha value is -2.73. The molecule has 7 heteroatoms.